The molecule has 2 aromatic carbocycles. The van der Waals surface area contributed by atoms with E-state index in [0.29, 0.717) is 28.5 Å². The number of amides is 1. The Hall–Kier alpha value is -4.06. The van der Waals surface area contributed by atoms with Crippen molar-refractivity contribution < 1.29 is 14.3 Å². The number of aromatic nitrogens is 1. The summed E-state index contributed by atoms with van der Waals surface area (Å²) in [5.41, 5.74) is 11.9. The maximum atomic E-state index is 12.4. The van der Waals surface area contributed by atoms with Crippen molar-refractivity contribution >= 4 is 28.9 Å². The van der Waals surface area contributed by atoms with Crippen molar-refractivity contribution in [3.8, 4) is 11.5 Å². The van der Waals surface area contributed by atoms with E-state index in [1.165, 1.54) is 6.08 Å². The number of hydrogen-bond donors (Lipinski definition) is 2. The summed E-state index contributed by atoms with van der Waals surface area (Å²) in [5, 5.41) is 2.75. The summed E-state index contributed by atoms with van der Waals surface area (Å²) in [6, 6.07) is 14.7. The second kappa shape index (κ2) is 9.83. The molecule has 3 aromatic rings. The number of nitrogen functional groups attached to an aromatic ring is 1. The Balaban J connectivity index is 1.88. The zero-order valence-corrected chi connectivity index (χ0v) is 18.7. The van der Waals surface area contributed by atoms with Gasteiger partial charge in [-0.1, -0.05) is 24.8 Å². The molecule has 0 atom stereocenters. The predicted molar refractivity (Wildman–Crippen MR) is 130 cm³/mol. The molecule has 0 radical (unpaired) electrons. The van der Waals surface area contributed by atoms with E-state index in [2.05, 4.69) is 22.9 Å². The lowest BCUT2D eigenvalue weighted by Crippen LogP contribution is -2.09. The van der Waals surface area contributed by atoms with Gasteiger partial charge in [-0.05, 0) is 66.9 Å². The first-order chi connectivity index (χ1) is 15.3. The number of benzene rings is 2. The van der Waals surface area contributed by atoms with E-state index in [4.69, 9.17) is 15.2 Å². The first-order valence-corrected chi connectivity index (χ1v) is 10.1. The third-order valence-corrected chi connectivity index (χ3v) is 5.21. The van der Waals surface area contributed by atoms with E-state index >= 15 is 0 Å². The summed E-state index contributed by atoms with van der Waals surface area (Å²) >= 11 is 0. The van der Waals surface area contributed by atoms with Gasteiger partial charge >= 0.3 is 0 Å². The van der Waals surface area contributed by atoms with Crippen molar-refractivity contribution in [2.24, 2.45) is 0 Å². The van der Waals surface area contributed by atoms with Gasteiger partial charge in [0.15, 0.2) is 0 Å². The van der Waals surface area contributed by atoms with Crippen LogP contribution in [0.25, 0.3) is 11.6 Å². The molecule has 0 spiro atoms. The highest BCUT2D eigenvalue weighted by molar-refractivity contribution is 6.03. The third-order valence-electron chi connectivity index (χ3n) is 5.21. The largest absolute Gasteiger partial charge is 0.496 e. The van der Waals surface area contributed by atoms with Crippen LogP contribution in [-0.4, -0.2) is 25.1 Å². The summed E-state index contributed by atoms with van der Waals surface area (Å²) in [6.07, 6.45) is 2.99. The van der Waals surface area contributed by atoms with E-state index in [9.17, 15) is 4.79 Å². The number of nitrogens with one attached hydrogen (secondary N) is 1. The monoisotopic (exact) mass is 429 g/mol. The molecule has 0 saturated heterocycles. The summed E-state index contributed by atoms with van der Waals surface area (Å²) in [5.74, 6) is 1.02. The highest BCUT2D eigenvalue weighted by Gasteiger charge is 2.12. The van der Waals surface area contributed by atoms with Crippen LogP contribution in [0.1, 0.15) is 28.1 Å². The zero-order chi connectivity index (χ0) is 23.3. The van der Waals surface area contributed by atoms with Crippen molar-refractivity contribution in [3.05, 3.63) is 89.3 Å². The number of para-hydroxylation sites is 2. The van der Waals surface area contributed by atoms with Gasteiger partial charge < -0.3 is 20.5 Å². The minimum absolute atomic E-state index is 0.324. The molecule has 0 unspecified atom stereocenters. The Bertz CT molecular complexity index is 1200. The summed E-state index contributed by atoms with van der Waals surface area (Å²) in [7, 11) is 3.21. The van der Waals surface area contributed by atoms with E-state index < -0.39 is 0 Å². The smallest absolute Gasteiger partial charge is 0.248 e. The Morgan fingerprint density at radius 2 is 1.78 bits per heavy atom. The lowest BCUT2D eigenvalue weighted by Gasteiger charge is -2.14. The molecule has 6 heteroatoms. The van der Waals surface area contributed by atoms with Gasteiger partial charge in [0.2, 0.25) is 5.91 Å². The number of pyridine rings is 1. The molecule has 32 heavy (non-hydrogen) atoms. The molecule has 1 heterocycles. The Morgan fingerprint density at radius 3 is 2.47 bits per heavy atom. The van der Waals surface area contributed by atoms with E-state index in [1.54, 1.807) is 50.6 Å². The topological polar surface area (TPSA) is 86.5 Å². The van der Waals surface area contributed by atoms with Crippen LogP contribution in [0, 0.1) is 13.8 Å². The van der Waals surface area contributed by atoms with E-state index in [-0.39, 0.29) is 5.91 Å². The molecule has 1 aromatic heterocycles. The van der Waals surface area contributed by atoms with Gasteiger partial charge in [-0.2, -0.15) is 0 Å². The summed E-state index contributed by atoms with van der Waals surface area (Å²) < 4.78 is 10.9. The van der Waals surface area contributed by atoms with Crippen LogP contribution in [0.2, 0.25) is 0 Å². The SMILES string of the molecule is C=C(c1cc(C)c(C)c(OC)c1)c1ccc(OC)c(/C=C/C(=O)Nc2ccccc2N)n1. The second-order valence-corrected chi connectivity index (χ2v) is 7.29. The van der Waals surface area contributed by atoms with Gasteiger partial charge in [0, 0.05) is 11.6 Å². The number of nitrogens with zero attached hydrogens (tertiary/aromatic N) is 1. The number of nitrogens with two attached hydrogens (primary N) is 1. The van der Waals surface area contributed by atoms with Gasteiger partial charge in [-0.25, -0.2) is 4.98 Å². The lowest BCUT2D eigenvalue weighted by atomic mass is 9.98. The maximum Gasteiger partial charge on any atom is 0.248 e. The Labute approximate surface area is 188 Å². The molecule has 0 aliphatic heterocycles. The van der Waals surface area contributed by atoms with Crippen LogP contribution < -0.4 is 20.5 Å². The highest BCUT2D eigenvalue weighted by Crippen LogP contribution is 2.30. The number of carbonyl (C=O) groups is 1. The lowest BCUT2D eigenvalue weighted by molar-refractivity contribution is -0.111. The fourth-order valence-corrected chi connectivity index (χ4v) is 3.22. The van der Waals surface area contributed by atoms with Gasteiger partial charge in [0.25, 0.3) is 0 Å². The van der Waals surface area contributed by atoms with Crippen molar-refractivity contribution in [3.63, 3.8) is 0 Å². The van der Waals surface area contributed by atoms with Gasteiger partial charge in [-0.3, -0.25) is 4.79 Å². The number of methoxy groups -OCH3 is 2. The van der Waals surface area contributed by atoms with Crippen LogP contribution in [0.5, 0.6) is 11.5 Å². The number of hydrogen-bond acceptors (Lipinski definition) is 5. The van der Waals surface area contributed by atoms with Gasteiger partial charge in [-0.15, -0.1) is 0 Å². The quantitative estimate of drug-likeness (QED) is 0.407. The molecule has 0 fully saturated rings. The van der Waals surface area contributed by atoms with Crippen LogP contribution in [0.4, 0.5) is 11.4 Å². The first-order valence-electron chi connectivity index (χ1n) is 10.1. The minimum atomic E-state index is -0.324. The normalized spacial score (nSPS) is 10.8. The first kappa shape index (κ1) is 22.6. The van der Waals surface area contributed by atoms with E-state index in [1.807, 2.05) is 26.0 Å². The number of carbonyl (C=O) groups excluding carboxylic acids is 1. The van der Waals surface area contributed by atoms with Crippen molar-refractivity contribution in [2.75, 3.05) is 25.3 Å². The predicted octanol–water partition coefficient (Wildman–Crippen LogP) is 5.01. The average molecular weight is 430 g/mol. The number of anilines is 2. The third kappa shape index (κ3) is 4.98. The zero-order valence-electron chi connectivity index (χ0n) is 18.7. The molecular formula is C26H27N3O3. The molecule has 1 amide bonds. The minimum Gasteiger partial charge on any atom is -0.496 e. The number of aryl methyl sites for hydroxylation is 1. The van der Waals surface area contributed by atoms with Crippen molar-refractivity contribution in [1.29, 1.82) is 0 Å². The molecule has 6 nitrogen and oxygen atoms in total. The van der Waals surface area contributed by atoms with Crippen molar-refractivity contribution in [1.82, 2.24) is 4.98 Å². The molecule has 0 aliphatic carbocycles. The molecule has 0 aliphatic rings. The molecule has 0 saturated carbocycles. The van der Waals surface area contributed by atoms with Gasteiger partial charge in [0.05, 0.1) is 31.3 Å². The number of ether oxygens (including phenoxy) is 2. The maximum absolute atomic E-state index is 12.4. The fourth-order valence-electron chi connectivity index (χ4n) is 3.22. The molecule has 3 N–H and O–H groups in total. The Kier molecular flexibility index (Phi) is 6.95. The average Bonchev–Trinajstić information content (AvgIpc) is 2.80. The molecular weight excluding hydrogens is 402 g/mol. The summed E-state index contributed by atoms with van der Waals surface area (Å²) in [4.78, 5) is 17.0. The van der Waals surface area contributed by atoms with Crippen LogP contribution >= 0.6 is 0 Å². The Morgan fingerprint density at radius 1 is 1.06 bits per heavy atom. The second-order valence-electron chi connectivity index (χ2n) is 7.29. The molecule has 0 bridgehead atoms. The summed E-state index contributed by atoms with van der Waals surface area (Å²) in [6.45, 7) is 8.27. The van der Waals surface area contributed by atoms with Crippen LogP contribution in [-0.2, 0) is 4.79 Å². The fraction of sp³-hybridized carbons (Fsp3) is 0.154. The van der Waals surface area contributed by atoms with Crippen LogP contribution in [0.15, 0.2) is 61.2 Å². The molecule has 164 valence electrons. The standard InChI is InChI=1S/C26H27N3O3/c1-16-14-19(15-25(32-5)17(16)2)18(3)21-10-12-24(31-4)23(28-21)11-13-26(30)29-22-9-7-6-8-20(22)27/h6-15H,3,27H2,1-2,4-5H3,(H,29,30)/b13-11+. The highest BCUT2D eigenvalue weighted by atomic mass is 16.5. The van der Waals surface area contributed by atoms with Gasteiger partial charge in [0.1, 0.15) is 17.2 Å². The molecule has 3 rings (SSSR count). The van der Waals surface area contributed by atoms with Crippen molar-refractivity contribution in [2.45, 2.75) is 13.8 Å². The number of rotatable bonds is 7. The van der Waals surface area contributed by atoms with E-state index in [0.717, 1.165) is 28.0 Å². The van der Waals surface area contributed by atoms with Crippen LogP contribution in [0.3, 0.4) is 0 Å².